The van der Waals surface area contributed by atoms with E-state index in [1.54, 1.807) is 0 Å². The Labute approximate surface area is 84.2 Å². The third-order valence-corrected chi connectivity index (χ3v) is 1.79. The molecule has 3 heteroatoms. The molecular weight excluding hydrogens is 178 g/mol. The van der Waals surface area contributed by atoms with Gasteiger partial charge >= 0.3 is 0 Å². The molecule has 0 heterocycles. The molecule has 0 saturated carbocycles. The Kier molecular flexibility index (Phi) is 6.08. The van der Waals surface area contributed by atoms with Crippen molar-refractivity contribution in [1.29, 1.82) is 5.41 Å². The molecule has 0 aliphatic rings. The summed E-state index contributed by atoms with van der Waals surface area (Å²) < 4.78 is 5.34. The lowest BCUT2D eigenvalue weighted by atomic mass is 10.1. The van der Waals surface area contributed by atoms with Crippen LogP contribution in [0.5, 0.6) is 5.75 Å². The Morgan fingerprint density at radius 1 is 1.36 bits per heavy atom. The van der Waals surface area contributed by atoms with Gasteiger partial charge < -0.3 is 4.74 Å². The Morgan fingerprint density at radius 2 is 1.93 bits per heavy atom. The Hall–Kier alpha value is -1.60. The molecule has 3 nitrogen and oxygen atoms in total. The minimum atomic E-state index is 0.739. The molecule has 0 unspecified atom stereocenters. The fourth-order valence-electron chi connectivity index (χ4n) is 0.970. The third-order valence-electron chi connectivity index (χ3n) is 1.79. The van der Waals surface area contributed by atoms with Gasteiger partial charge in [-0.3, -0.25) is 0 Å². The molecule has 0 aliphatic heterocycles. The molecule has 0 amide bonds. The number of rotatable bonds is 2. The number of hydrogen-bond acceptors (Lipinski definition) is 3. The van der Waals surface area contributed by atoms with Crippen LogP contribution in [0.4, 0.5) is 0 Å². The van der Waals surface area contributed by atoms with Crippen molar-refractivity contribution in [1.82, 2.24) is 0 Å². The van der Waals surface area contributed by atoms with Crippen LogP contribution in [0.2, 0.25) is 0 Å². The molecule has 1 aromatic rings. The SMILES string of the molecule is CCOc1ccc(C)c(C)c1.N=C=O. The van der Waals surface area contributed by atoms with Crippen LogP contribution in [0, 0.1) is 19.3 Å². The molecule has 14 heavy (non-hydrogen) atoms. The zero-order chi connectivity index (χ0) is 11.0. The molecule has 0 radical (unpaired) electrons. The summed E-state index contributed by atoms with van der Waals surface area (Å²) in [6.07, 6.45) is 0.750. The van der Waals surface area contributed by atoms with Crippen molar-refractivity contribution in [2.75, 3.05) is 6.61 Å². The first-order valence-electron chi connectivity index (χ1n) is 4.39. The molecule has 0 fully saturated rings. The van der Waals surface area contributed by atoms with Crippen LogP contribution in [0.3, 0.4) is 0 Å². The highest BCUT2D eigenvalue weighted by atomic mass is 16.5. The highest BCUT2D eigenvalue weighted by Gasteiger charge is 1.94. The van der Waals surface area contributed by atoms with Crippen LogP contribution in [-0.2, 0) is 4.79 Å². The summed E-state index contributed by atoms with van der Waals surface area (Å²) in [5.74, 6) is 0.968. The van der Waals surface area contributed by atoms with E-state index in [9.17, 15) is 0 Å². The number of aryl methyl sites for hydroxylation is 2. The van der Waals surface area contributed by atoms with Crippen molar-refractivity contribution in [3.8, 4) is 5.75 Å². The average Bonchev–Trinajstić information content (AvgIpc) is 2.13. The fraction of sp³-hybridized carbons (Fsp3) is 0.364. The first-order chi connectivity index (χ1) is 6.65. The van der Waals surface area contributed by atoms with Gasteiger partial charge in [-0.05, 0) is 44.0 Å². The number of benzene rings is 1. The zero-order valence-electron chi connectivity index (χ0n) is 8.76. The number of hydrogen-bond donors (Lipinski definition) is 1. The molecule has 0 saturated heterocycles. The summed E-state index contributed by atoms with van der Waals surface area (Å²) >= 11 is 0. The lowest BCUT2D eigenvalue weighted by Crippen LogP contribution is -1.92. The van der Waals surface area contributed by atoms with E-state index in [1.165, 1.54) is 11.1 Å². The number of nitrogens with one attached hydrogen (secondary N) is 1. The molecule has 1 N–H and O–H groups in total. The average molecular weight is 193 g/mol. The van der Waals surface area contributed by atoms with Crippen molar-refractivity contribution in [3.05, 3.63) is 29.3 Å². The van der Waals surface area contributed by atoms with E-state index in [0.717, 1.165) is 18.4 Å². The van der Waals surface area contributed by atoms with Crippen molar-refractivity contribution in [2.24, 2.45) is 0 Å². The maximum atomic E-state index is 8.35. The van der Waals surface area contributed by atoms with Gasteiger partial charge in [-0.25, -0.2) is 10.2 Å². The quantitative estimate of drug-likeness (QED) is 0.579. The van der Waals surface area contributed by atoms with E-state index in [0.29, 0.717) is 0 Å². The van der Waals surface area contributed by atoms with Crippen molar-refractivity contribution >= 4 is 6.08 Å². The van der Waals surface area contributed by atoms with Crippen LogP contribution >= 0.6 is 0 Å². The molecular formula is C11H15NO2. The summed E-state index contributed by atoms with van der Waals surface area (Å²) in [4.78, 5) is 8.35. The standard InChI is InChI=1S/C10H14O.CHNO/c1-4-11-10-6-5-8(2)9(3)7-10;2-1-3/h5-7H,4H2,1-3H3;2H. The second kappa shape index (κ2) is 6.87. The summed E-state index contributed by atoms with van der Waals surface area (Å²) in [6, 6.07) is 6.16. The van der Waals surface area contributed by atoms with Crippen LogP contribution in [0.25, 0.3) is 0 Å². The van der Waals surface area contributed by atoms with Gasteiger partial charge in [0.05, 0.1) is 6.61 Å². The van der Waals surface area contributed by atoms with Gasteiger partial charge in [0.15, 0.2) is 0 Å². The van der Waals surface area contributed by atoms with Crippen LogP contribution in [-0.4, -0.2) is 12.7 Å². The van der Waals surface area contributed by atoms with Gasteiger partial charge in [0.2, 0.25) is 6.08 Å². The van der Waals surface area contributed by atoms with Crippen LogP contribution in [0.1, 0.15) is 18.1 Å². The maximum Gasteiger partial charge on any atom is 0.231 e. The molecule has 0 aliphatic carbocycles. The van der Waals surface area contributed by atoms with E-state index < -0.39 is 0 Å². The molecule has 1 aromatic carbocycles. The summed E-state index contributed by atoms with van der Waals surface area (Å²) in [7, 11) is 0. The first-order valence-corrected chi connectivity index (χ1v) is 4.39. The minimum Gasteiger partial charge on any atom is -0.494 e. The Morgan fingerprint density at radius 3 is 2.36 bits per heavy atom. The van der Waals surface area contributed by atoms with E-state index in [1.807, 2.05) is 13.0 Å². The molecule has 0 aromatic heterocycles. The molecule has 76 valence electrons. The van der Waals surface area contributed by atoms with E-state index in [4.69, 9.17) is 14.9 Å². The fourth-order valence-corrected chi connectivity index (χ4v) is 0.970. The molecule has 0 spiro atoms. The lowest BCUT2D eigenvalue weighted by molar-refractivity contribution is 0.340. The highest BCUT2D eigenvalue weighted by molar-refractivity contribution is 5.33. The van der Waals surface area contributed by atoms with Gasteiger partial charge in [-0.15, -0.1) is 0 Å². The third kappa shape index (κ3) is 4.43. The second-order valence-electron chi connectivity index (χ2n) is 2.78. The maximum absolute atomic E-state index is 8.35. The van der Waals surface area contributed by atoms with E-state index in [-0.39, 0.29) is 0 Å². The summed E-state index contributed by atoms with van der Waals surface area (Å²) in [5.41, 5.74) is 2.60. The highest BCUT2D eigenvalue weighted by Crippen LogP contribution is 2.15. The van der Waals surface area contributed by atoms with Crippen molar-refractivity contribution < 1.29 is 9.53 Å². The number of ether oxygens (including phenoxy) is 1. The number of isocyanates is 1. The zero-order valence-corrected chi connectivity index (χ0v) is 8.76. The summed E-state index contributed by atoms with van der Waals surface area (Å²) in [5, 5.41) is 5.40. The second-order valence-corrected chi connectivity index (χ2v) is 2.78. The topological polar surface area (TPSA) is 50.1 Å². The van der Waals surface area contributed by atoms with E-state index >= 15 is 0 Å². The van der Waals surface area contributed by atoms with Crippen LogP contribution in [0.15, 0.2) is 18.2 Å². The Bertz CT molecular complexity index is 315. The van der Waals surface area contributed by atoms with Crippen molar-refractivity contribution in [3.63, 3.8) is 0 Å². The van der Waals surface area contributed by atoms with Gasteiger partial charge in [0.25, 0.3) is 0 Å². The number of carbonyl (C=O) groups excluding carboxylic acids is 1. The predicted octanol–water partition coefficient (Wildman–Crippen LogP) is 2.60. The van der Waals surface area contributed by atoms with Gasteiger partial charge in [-0.2, -0.15) is 0 Å². The van der Waals surface area contributed by atoms with Gasteiger partial charge in [-0.1, -0.05) is 6.07 Å². The van der Waals surface area contributed by atoms with Crippen LogP contribution < -0.4 is 4.74 Å². The van der Waals surface area contributed by atoms with Gasteiger partial charge in [0, 0.05) is 0 Å². The monoisotopic (exact) mass is 193 g/mol. The largest absolute Gasteiger partial charge is 0.494 e. The van der Waals surface area contributed by atoms with Gasteiger partial charge in [0.1, 0.15) is 5.75 Å². The first kappa shape index (κ1) is 12.4. The molecule has 0 bridgehead atoms. The van der Waals surface area contributed by atoms with Crippen molar-refractivity contribution in [2.45, 2.75) is 20.8 Å². The lowest BCUT2D eigenvalue weighted by Gasteiger charge is -2.04. The smallest absolute Gasteiger partial charge is 0.231 e. The normalized spacial score (nSPS) is 8.21. The molecule has 0 atom stereocenters. The minimum absolute atomic E-state index is 0.739. The predicted molar refractivity (Wildman–Crippen MR) is 55.5 cm³/mol. The summed E-state index contributed by atoms with van der Waals surface area (Å²) in [6.45, 7) is 6.93. The molecule has 1 rings (SSSR count). The Balaban J connectivity index is 0.000000500. The van der Waals surface area contributed by atoms with E-state index in [2.05, 4.69) is 26.0 Å².